The predicted molar refractivity (Wildman–Crippen MR) is 95.3 cm³/mol. The SMILES string of the molecule is CCNC(c1cc(C)c(Cl)cc1C)c1cc(C)ccc1Br. The van der Waals surface area contributed by atoms with Crippen LogP contribution in [0.25, 0.3) is 0 Å². The second-order valence-corrected chi connectivity index (χ2v) is 6.74. The molecule has 3 heteroatoms. The van der Waals surface area contributed by atoms with Crippen LogP contribution in [0, 0.1) is 20.8 Å². The molecular formula is C18H21BrClN. The maximum Gasteiger partial charge on any atom is 0.0590 e. The molecule has 1 unspecified atom stereocenters. The van der Waals surface area contributed by atoms with E-state index in [2.05, 4.69) is 79.3 Å². The van der Waals surface area contributed by atoms with E-state index in [1.54, 1.807) is 0 Å². The minimum absolute atomic E-state index is 0.167. The molecule has 2 aromatic rings. The van der Waals surface area contributed by atoms with Gasteiger partial charge in [-0.05, 0) is 61.7 Å². The number of aryl methyl sites for hydroxylation is 3. The van der Waals surface area contributed by atoms with Gasteiger partial charge in [-0.2, -0.15) is 0 Å². The minimum Gasteiger partial charge on any atom is -0.306 e. The Morgan fingerprint density at radius 2 is 1.76 bits per heavy atom. The van der Waals surface area contributed by atoms with E-state index in [0.29, 0.717) is 0 Å². The van der Waals surface area contributed by atoms with Crippen LogP contribution < -0.4 is 5.32 Å². The molecule has 0 aliphatic heterocycles. The standard InChI is InChI=1S/C18H21BrClN/c1-5-21-18(15-8-11(2)6-7-16(15)19)14-9-13(4)17(20)10-12(14)3/h6-10,18,21H,5H2,1-4H3. The Kier molecular flexibility index (Phi) is 5.48. The highest BCUT2D eigenvalue weighted by molar-refractivity contribution is 9.10. The van der Waals surface area contributed by atoms with E-state index >= 15 is 0 Å². The molecule has 2 rings (SSSR count). The Balaban J connectivity index is 2.58. The van der Waals surface area contributed by atoms with E-state index in [0.717, 1.165) is 21.6 Å². The van der Waals surface area contributed by atoms with E-state index in [1.165, 1.54) is 22.3 Å². The normalized spacial score (nSPS) is 12.5. The third kappa shape index (κ3) is 3.68. The lowest BCUT2D eigenvalue weighted by Gasteiger charge is -2.23. The number of halogens is 2. The van der Waals surface area contributed by atoms with Gasteiger partial charge >= 0.3 is 0 Å². The third-order valence-electron chi connectivity index (χ3n) is 3.73. The van der Waals surface area contributed by atoms with Gasteiger partial charge in [0.15, 0.2) is 0 Å². The molecule has 0 saturated carbocycles. The average molecular weight is 367 g/mol. The summed E-state index contributed by atoms with van der Waals surface area (Å²) in [6.45, 7) is 9.34. The fourth-order valence-corrected chi connectivity index (χ4v) is 3.28. The molecule has 0 saturated heterocycles. The third-order valence-corrected chi connectivity index (χ3v) is 4.86. The van der Waals surface area contributed by atoms with Crippen molar-refractivity contribution < 1.29 is 0 Å². The fourth-order valence-electron chi connectivity index (χ4n) is 2.59. The van der Waals surface area contributed by atoms with E-state index < -0.39 is 0 Å². The van der Waals surface area contributed by atoms with Crippen LogP contribution in [0.3, 0.4) is 0 Å². The van der Waals surface area contributed by atoms with Crippen LogP contribution in [-0.4, -0.2) is 6.54 Å². The summed E-state index contributed by atoms with van der Waals surface area (Å²) in [5.41, 5.74) is 6.14. The molecule has 0 bridgehead atoms. The van der Waals surface area contributed by atoms with Crippen molar-refractivity contribution in [1.82, 2.24) is 5.32 Å². The van der Waals surface area contributed by atoms with Gasteiger partial charge in [-0.25, -0.2) is 0 Å². The van der Waals surface area contributed by atoms with E-state index in [-0.39, 0.29) is 6.04 Å². The van der Waals surface area contributed by atoms with Crippen molar-refractivity contribution in [1.29, 1.82) is 0 Å². The highest BCUT2D eigenvalue weighted by Gasteiger charge is 2.19. The molecule has 0 aliphatic carbocycles. The van der Waals surface area contributed by atoms with Crippen molar-refractivity contribution >= 4 is 27.5 Å². The average Bonchev–Trinajstić information content (AvgIpc) is 2.43. The molecule has 2 aromatic carbocycles. The van der Waals surface area contributed by atoms with Crippen molar-refractivity contribution in [2.45, 2.75) is 33.7 Å². The first-order valence-electron chi connectivity index (χ1n) is 7.20. The zero-order valence-electron chi connectivity index (χ0n) is 12.9. The van der Waals surface area contributed by atoms with Gasteiger partial charge in [0, 0.05) is 9.50 Å². The number of nitrogens with one attached hydrogen (secondary N) is 1. The van der Waals surface area contributed by atoms with Gasteiger partial charge in [0.2, 0.25) is 0 Å². The molecule has 0 aromatic heterocycles. The Morgan fingerprint density at radius 3 is 2.43 bits per heavy atom. The first-order chi connectivity index (χ1) is 9.93. The number of rotatable bonds is 4. The molecule has 0 spiro atoms. The van der Waals surface area contributed by atoms with Gasteiger partial charge in [-0.3, -0.25) is 0 Å². The minimum atomic E-state index is 0.167. The van der Waals surface area contributed by atoms with Gasteiger partial charge in [0.1, 0.15) is 0 Å². The summed E-state index contributed by atoms with van der Waals surface area (Å²) in [4.78, 5) is 0. The highest BCUT2D eigenvalue weighted by Crippen LogP contribution is 2.33. The number of hydrogen-bond acceptors (Lipinski definition) is 1. The van der Waals surface area contributed by atoms with E-state index in [1.807, 2.05) is 0 Å². The Hall–Kier alpha value is -0.830. The molecule has 0 fully saturated rings. The summed E-state index contributed by atoms with van der Waals surface area (Å²) in [6.07, 6.45) is 0. The van der Waals surface area contributed by atoms with Crippen LogP contribution in [0.1, 0.15) is 40.8 Å². The summed E-state index contributed by atoms with van der Waals surface area (Å²) in [5, 5.41) is 4.43. The Morgan fingerprint density at radius 1 is 1.05 bits per heavy atom. The molecule has 112 valence electrons. The van der Waals surface area contributed by atoms with Crippen LogP contribution in [0.2, 0.25) is 5.02 Å². The summed E-state index contributed by atoms with van der Waals surface area (Å²) < 4.78 is 1.13. The lowest BCUT2D eigenvalue weighted by atomic mass is 9.92. The second-order valence-electron chi connectivity index (χ2n) is 5.47. The summed E-state index contributed by atoms with van der Waals surface area (Å²) in [6, 6.07) is 10.9. The number of hydrogen-bond donors (Lipinski definition) is 1. The van der Waals surface area contributed by atoms with Gasteiger partial charge in [0.05, 0.1) is 6.04 Å². The Labute approximate surface area is 140 Å². The first kappa shape index (κ1) is 16.5. The van der Waals surface area contributed by atoms with Crippen LogP contribution in [-0.2, 0) is 0 Å². The van der Waals surface area contributed by atoms with Crippen molar-refractivity contribution in [3.8, 4) is 0 Å². The molecular weight excluding hydrogens is 346 g/mol. The topological polar surface area (TPSA) is 12.0 Å². The summed E-state index contributed by atoms with van der Waals surface area (Å²) in [5.74, 6) is 0. The molecule has 0 heterocycles. The van der Waals surface area contributed by atoms with Crippen molar-refractivity contribution in [3.63, 3.8) is 0 Å². The molecule has 1 nitrogen and oxygen atoms in total. The van der Waals surface area contributed by atoms with E-state index in [4.69, 9.17) is 11.6 Å². The lowest BCUT2D eigenvalue weighted by molar-refractivity contribution is 0.625. The highest BCUT2D eigenvalue weighted by atomic mass is 79.9. The van der Waals surface area contributed by atoms with Gasteiger partial charge in [-0.1, -0.05) is 58.2 Å². The van der Waals surface area contributed by atoms with Crippen LogP contribution in [0.15, 0.2) is 34.8 Å². The van der Waals surface area contributed by atoms with Crippen molar-refractivity contribution in [2.75, 3.05) is 6.54 Å². The molecule has 1 N–H and O–H groups in total. The summed E-state index contributed by atoms with van der Waals surface area (Å²) >= 11 is 9.93. The second kappa shape index (κ2) is 6.95. The monoisotopic (exact) mass is 365 g/mol. The van der Waals surface area contributed by atoms with Gasteiger partial charge in [0.25, 0.3) is 0 Å². The largest absolute Gasteiger partial charge is 0.306 e. The van der Waals surface area contributed by atoms with E-state index in [9.17, 15) is 0 Å². The molecule has 21 heavy (non-hydrogen) atoms. The quantitative estimate of drug-likeness (QED) is 0.729. The number of benzene rings is 2. The summed E-state index contributed by atoms with van der Waals surface area (Å²) in [7, 11) is 0. The van der Waals surface area contributed by atoms with Gasteiger partial charge < -0.3 is 5.32 Å². The maximum atomic E-state index is 6.24. The molecule has 0 amide bonds. The van der Waals surface area contributed by atoms with Crippen molar-refractivity contribution in [3.05, 3.63) is 67.6 Å². The Bertz CT molecular complexity index is 652. The predicted octanol–water partition coefficient (Wildman–Crippen LogP) is 5.73. The van der Waals surface area contributed by atoms with Crippen LogP contribution in [0.4, 0.5) is 0 Å². The fraction of sp³-hybridized carbons (Fsp3) is 0.333. The van der Waals surface area contributed by atoms with Crippen LogP contribution >= 0.6 is 27.5 Å². The van der Waals surface area contributed by atoms with Gasteiger partial charge in [-0.15, -0.1) is 0 Å². The zero-order valence-corrected chi connectivity index (χ0v) is 15.3. The lowest BCUT2D eigenvalue weighted by Crippen LogP contribution is -2.23. The van der Waals surface area contributed by atoms with Crippen molar-refractivity contribution in [2.24, 2.45) is 0 Å². The smallest absolute Gasteiger partial charge is 0.0590 e. The maximum absolute atomic E-state index is 6.24. The zero-order chi connectivity index (χ0) is 15.6. The molecule has 1 atom stereocenters. The molecule has 0 aliphatic rings. The first-order valence-corrected chi connectivity index (χ1v) is 8.37. The van der Waals surface area contributed by atoms with Crippen LogP contribution in [0.5, 0.6) is 0 Å². The molecule has 0 radical (unpaired) electrons.